The van der Waals surface area contributed by atoms with Gasteiger partial charge < -0.3 is 5.32 Å². The molecule has 108 valence electrons. The molecule has 0 saturated carbocycles. The first-order chi connectivity index (χ1) is 10.1. The molecule has 21 heavy (non-hydrogen) atoms. The van der Waals surface area contributed by atoms with Gasteiger partial charge in [0.05, 0.1) is 4.92 Å². The molecule has 0 fully saturated rings. The monoisotopic (exact) mass is 302 g/mol. The molecule has 1 aliphatic rings. The molecule has 1 N–H and O–H groups in total. The summed E-state index contributed by atoms with van der Waals surface area (Å²) in [7, 11) is 0. The molecule has 0 aromatic heterocycles. The second-order valence-corrected chi connectivity index (χ2v) is 5.70. The third-order valence-corrected chi connectivity index (χ3v) is 4.17. The van der Waals surface area contributed by atoms with Crippen LogP contribution in [0.4, 0.5) is 5.69 Å². The highest BCUT2D eigenvalue weighted by atomic mass is 35.5. The Morgan fingerprint density at radius 1 is 1.19 bits per heavy atom. The number of hydrogen-bond donors (Lipinski definition) is 1. The first-order valence-corrected chi connectivity index (χ1v) is 7.24. The number of halogens is 1. The Balaban J connectivity index is 1.64. The second-order valence-electron chi connectivity index (χ2n) is 5.30. The molecular formula is C16H15ClN2O2. The highest BCUT2D eigenvalue weighted by Gasteiger charge is 2.20. The van der Waals surface area contributed by atoms with E-state index < -0.39 is 4.92 Å². The van der Waals surface area contributed by atoms with E-state index in [-0.39, 0.29) is 10.7 Å². The van der Waals surface area contributed by atoms with Gasteiger partial charge in [0.1, 0.15) is 5.02 Å². The molecule has 2 aromatic carbocycles. The Morgan fingerprint density at radius 2 is 1.86 bits per heavy atom. The molecule has 0 saturated heterocycles. The van der Waals surface area contributed by atoms with Crippen molar-refractivity contribution in [2.75, 3.05) is 0 Å². The molecule has 2 aromatic rings. The quantitative estimate of drug-likeness (QED) is 0.694. The van der Waals surface area contributed by atoms with Crippen molar-refractivity contribution in [3.63, 3.8) is 0 Å². The van der Waals surface area contributed by atoms with Gasteiger partial charge in [-0.1, -0.05) is 41.9 Å². The van der Waals surface area contributed by atoms with Crippen LogP contribution < -0.4 is 5.32 Å². The fourth-order valence-corrected chi connectivity index (χ4v) is 2.96. The summed E-state index contributed by atoms with van der Waals surface area (Å²) in [5, 5.41) is 14.5. The summed E-state index contributed by atoms with van der Waals surface area (Å²) in [6.45, 7) is 0.608. The highest BCUT2D eigenvalue weighted by Crippen LogP contribution is 2.26. The third kappa shape index (κ3) is 3.06. The van der Waals surface area contributed by atoms with E-state index in [4.69, 9.17) is 11.6 Å². The van der Waals surface area contributed by atoms with Gasteiger partial charge in [0.2, 0.25) is 0 Å². The zero-order valence-electron chi connectivity index (χ0n) is 11.4. The number of nitrogens with one attached hydrogen (secondary N) is 1. The molecule has 4 nitrogen and oxygen atoms in total. The molecule has 0 atom stereocenters. The maximum absolute atomic E-state index is 10.9. The zero-order valence-corrected chi connectivity index (χ0v) is 12.1. The van der Waals surface area contributed by atoms with Crippen molar-refractivity contribution in [2.45, 2.75) is 25.4 Å². The van der Waals surface area contributed by atoms with Crippen LogP contribution >= 0.6 is 11.6 Å². The molecule has 0 radical (unpaired) electrons. The lowest BCUT2D eigenvalue weighted by atomic mass is 10.1. The van der Waals surface area contributed by atoms with Crippen LogP contribution in [0, 0.1) is 10.1 Å². The summed E-state index contributed by atoms with van der Waals surface area (Å²) in [4.78, 5) is 10.4. The van der Waals surface area contributed by atoms with Crippen LogP contribution in [0.2, 0.25) is 5.02 Å². The average Bonchev–Trinajstić information content (AvgIpc) is 2.89. The Morgan fingerprint density at radius 3 is 2.48 bits per heavy atom. The number of nitrogens with zero attached hydrogens (tertiary/aromatic N) is 1. The average molecular weight is 303 g/mol. The van der Waals surface area contributed by atoms with Gasteiger partial charge in [0.25, 0.3) is 5.69 Å². The van der Waals surface area contributed by atoms with E-state index in [0.717, 1.165) is 18.4 Å². The van der Waals surface area contributed by atoms with Gasteiger partial charge in [0, 0.05) is 18.7 Å². The minimum absolute atomic E-state index is 0.0364. The van der Waals surface area contributed by atoms with E-state index in [2.05, 4.69) is 29.6 Å². The number of benzene rings is 2. The largest absolute Gasteiger partial charge is 0.309 e. The molecule has 3 rings (SSSR count). The van der Waals surface area contributed by atoms with Gasteiger partial charge >= 0.3 is 0 Å². The van der Waals surface area contributed by atoms with E-state index in [1.165, 1.54) is 17.2 Å². The van der Waals surface area contributed by atoms with Gasteiger partial charge in [-0.05, 0) is 35.6 Å². The molecule has 0 amide bonds. The Labute approximate surface area is 127 Å². The number of fused-ring (bicyclic) bond motifs is 1. The Bertz CT molecular complexity index is 663. The minimum Gasteiger partial charge on any atom is -0.309 e. The maximum atomic E-state index is 10.9. The van der Waals surface area contributed by atoms with Crippen LogP contribution in [0.1, 0.15) is 16.7 Å². The van der Waals surface area contributed by atoms with Gasteiger partial charge in [-0.3, -0.25) is 10.1 Å². The van der Waals surface area contributed by atoms with Gasteiger partial charge in [-0.15, -0.1) is 0 Å². The van der Waals surface area contributed by atoms with Crippen LogP contribution in [0.25, 0.3) is 0 Å². The van der Waals surface area contributed by atoms with Crippen LogP contribution in [0.3, 0.4) is 0 Å². The lowest BCUT2D eigenvalue weighted by Gasteiger charge is -2.12. The summed E-state index contributed by atoms with van der Waals surface area (Å²) in [5.41, 5.74) is 3.61. The SMILES string of the molecule is O=[N+]([O-])c1cc(CNC2Cc3ccccc3C2)ccc1Cl. The number of nitro groups is 1. The predicted molar refractivity (Wildman–Crippen MR) is 82.6 cm³/mol. The van der Waals surface area contributed by atoms with Crippen molar-refractivity contribution < 1.29 is 4.92 Å². The van der Waals surface area contributed by atoms with Crippen molar-refractivity contribution in [1.82, 2.24) is 5.32 Å². The van der Waals surface area contributed by atoms with E-state index in [1.54, 1.807) is 6.07 Å². The van der Waals surface area contributed by atoms with Crippen molar-refractivity contribution in [2.24, 2.45) is 0 Å². The van der Waals surface area contributed by atoms with Gasteiger partial charge in [-0.25, -0.2) is 0 Å². The van der Waals surface area contributed by atoms with Crippen molar-refractivity contribution in [3.05, 3.63) is 74.3 Å². The van der Waals surface area contributed by atoms with Crippen LogP contribution in [0.15, 0.2) is 42.5 Å². The summed E-state index contributed by atoms with van der Waals surface area (Å²) in [6.07, 6.45) is 2.01. The van der Waals surface area contributed by atoms with E-state index in [1.807, 2.05) is 6.07 Å². The second kappa shape index (κ2) is 5.84. The lowest BCUT2D eigenvalue weighted by Crippen LogP contribution is -2.28. The van der Waals surface area contributed by atoms with E-state index in [0.29, 0.717) is 12.6 Å². The molecule has 0 spiro atoms. The fraction of sp³-hybridized carbons (Fsp3) is 0.250. The molecule has 0 bridgehead atoms. The molecular weight excluding hydrogens is 288 g/mol. The lowest BCUT2D eigenvalue weighted by molar-refractivity contribution is -0.384. The zero-order chi connectivity index (χ0) is 14.8. The summed E-state index contributed by atoms with van der Waals surface area (Å²) in [5.74, 6) is 0. The third-order valence-electron chi connectivity index (χ3n) is 3.85. The maximum Gasteiger partial charge on any atom is 0.288 e. The summed E-state index contributed by atoms with van der Waals surface area (Å²) >= 11 is 5.82. The minimum atomic E-state index is -0.447. The standard InChI is InChI=1S/C16H15ClN2O2/c17-15-6-5-11(7-16(15)19(20)21)10-18-14-8-12-3-1-2-4-13(12)9-14/h1-7,14,18H,8-10H2. The Kier molecular flexibility index (Phi) is 3.90. The van der Waals surface area contributed by atoms with Crippen molar-refractivity contribution in [3.8, 4) is 0 Å². The number of nitro benzene ring substituents is 1. The first kappa shape index (κ1) is 14.0. The normalized spacial score (nSPS) is 14.1. The number of hydrogen-bond acceptors (Lipinski definition) is 3. The van der Waals surface area contributed by atoms with E-state index >= 15 is 0 Å². The highest BCUT2D eigenvalue weighted by molar-refractivity contribution is 6.32. The summed E-state index contributed by atoms with van der Waals surface area (Å²) in [6, 6.07) is 13.8. The molecule has 0 aliphatic heterocycles. The molecule has 0 unspecified atom stereocenters. The molecule has 5 heteroatoms. The van der Waals surface area contributed by atoms with Gasteiger partial charge in [0.15, 0.2) is 0 Å². The van der Waals surface area contributed by atoms with Crippen LogP contribution in [0.5, 0.6) is 0 Å². The fourth-order valence-electron chi connectivity index (χ4n) is 2.77. The smallest absolute Gasteiger partial charge is 0.288 e. The van der Waals surface area contributed by atoms with E-state index in [9.17, 15) is 10.1 Å². The predicted octanol–water partition coefficient (Wildman–Crippen LogP) is 3.51. The topological polar surface area (TPSA) is 55.2 Å². The van der Waals surface area contributed by atoms with Crippen LogP contribution in [-0.2, 0) is 19.4 Å². The molecule has 0 heterocycles. The summed E-state index contributed by atoms with van der Waals surface area (Å²) < 4.78 is 0. The van der Waals surface area contributed by atoms with Crippen molar-refractivity contribution >= 4 is 17.3 Å². The van der Waals surface area contributed by atoms with Crippen molar-refractivity contribution in [1.29, 1.82) is 0 Å². The van der Waals surface area contributed by atoms with Crippen LogP contribution in [-0.4, -0.2) is 11.0 Å². The Hall–Kier alpha value is -1.91. The molecule has 1 aliphatic carbocycles. The number of rotatable bonds is 4. The first-order valence-electron chi connectivity index (χ1n) is 6.86. The van der Waals surface area contributed by atoms with Gasteiger partial charge in [-0.2, -0.15) is 0 Å².